The van der Waals surface area contributed by atoms with Gasteiger partial charge in [-0.25, -0.2) is 4.39 Å². The van der Waals surface area contributed by atoms with Gasteiger partial charge in [-0.1, -0.05) is 12.1 Å². The van der Waals surface area contributed by atoms with Crippen molar-refractivity contribution >= 4 is 5.69 Å². The van der Waals surface area contributed by atoms with Crippen LogP contribution in [0, 0.1) is 5.82 Å². The van der Waals surface area contributed by atoms with Crippen molar-refractivity contribution in [2.75, 3.05) is 31.1 Å². The van der Waals surface area contributed by atoms with Crippen LogP contribution in [0.1, 0.15) is 5.56 Å². The van der Waals surface area contributed by atoms with Crippen LogP contribution in [-0.2, 0) is 6.61 Å². The first-order chi connectivity index (χ1) is 7.33. The highest BCUT2D eigenvalue weighted by Gasteiger charge is 2.17. The topological polar surface area (TPSA) is 35.5 Å². The summed E-state index contributed by atoms with van der Waals surface area (Å²) in [6.07, 6.45) is 0. The SMILES string of the molecule is OCc1cccc(F)c1N1CCNCC1. The molecule has 1 aromatic carbocycles. The summed E-state index contributed by atoms with van der Waals surface area (Å²) in [6, 6.07) is 4.84. The van der Waals surface area contributed by atoms with Gasteiger partial charge in [0.25, 0.3) is 0 Å². The predicted molar refractivity (Wildman–Crippen MR) is 57.4 cm³/mol. The number of benzene rings is 1. The Hall–Kier alpha value is -1.13. The van der Waals surface area contributed by atoms with Gasteiger partial charge in [-0.05, 0) is 6.07 Å². The van der Waals surface area contributed by atoms with Crippen molar-refractivity contribution in [2.45, 2.75) is 6.61 Å². The monoisotopic (exact) mass is 210 g/mol. The van der Waals surface area contributed by atoms with E-state index in [1.807, 2.05) is 4.90 Å². The average Bonchev–Trinajstić information content (AvgIpc) is 2.29. The van der Waals surface area contributed by atoms with Crippen LogP contribution < -0.4 is 10.2 Å². The van der Waals surface area contributed by atoms with E-state index < -0.39 is 0 Å². The van der Waals surface area contributed by atoms with Gasteiger partial charge in [-0.3, -0.25) is 0 Å². The summed E-state index contributed by atoms with van der Waals surface area (Å²) in [5, 5.41) is 12.4. The summed E-state index contributed by atoms with van der Waals surface area (Å²) >= 11 is 0. The van der Waals surface area contributed by atoms with Crippen molar-refractivity contribution in [1.82, 2.24) is 5.32 Å². The Morgan fingerprint density at radius 2 is 2.07 bits per heavy atom. The van der Waals surface area contributed by atoms with Gasteiger partial charge < -0.3 is 15.3 Å². The molecule has 0 amide bonds. The number of nitrogens with one attached hydrogen (secondary N) is 1. The van der Waals surface area contributed by atoms with Gasteiger partial charge in [0.2, 0.25) is 0 Å². The van der Waals surface area contributed by atoms with E-state index >= 15 is 0 Å². The van der Waals surface area contributed by atoms with Gasteiger partial charge >= 0.3 is 0 Å². The molecule has 2 N–H and O–H groups in total. The lowest BCUT2D eigenvalue weighted by atomic mass is 10.1. The van der Waals surface area contributed by atoms with Gasteiger partial charge in [-0.15, -0.1) is 0 Å². The van der Waals surface area contributed by atoms with Crippen molar-refractivity contribution in [2.24, 2.45) is 0 Å². The number of hydrogen-bond donors (Lipinski definition) is 2. The fourth-order valence-corrected chi connectivity index (χ4v) is 1.93. The standard InChI is InChI=1S/C11H15FN2O/c12-10-3-1-2-9(8-15)11(10)14-6-4-13-5-7-14/h1-3,13,15H,4-8H2. The van der Waals surface area contributed by atoms with Gasteiger partial charge in [0.15, 0.2) is 0 Å². The molecule has 1 heterocycles. The molecule has 4 heteroatoms. The molecule has 15 heavy (non-hydrogen) atoms. The first-order valence-corrected chi connectivity index (χ1v) is 5.17. The number of para-hydroxylation sites is 1. The van der Waals surface area contributed by atoms with Crippen LogP contribution in [0.4, 0.5) is 10.1 Å². The Balaban J connectivity index is 2.31. The van der Waals surface area contributed by atoms with Gasteiger partial charge in [0.1, 0.15) is 5.82 Å². The molecule has 0 saturated carbocycles. The maximum absolute atomic E-state index is 13.6. The first kappa shape index (κ1) is 10.4. The van der Waals surface area contributed by atoms with Crippen molar-refractivity contribution in [1.29, 1.82) is 0 Å². The number of aliphatic hydroxyl groups is 1. The number of anilines is 1. The average molecular weight is 210 g/mol. The molecule has 2 rings (SSSR count). The summed E-state index contributed by atoms with van der Waals surface area (Å²) in [5.74, 6) is -0.247. The zero-order chi connectivity index (χ0) is 10.7. The van der Waals surface area contributed by atoms with Gasteiger partial charge in [-0.2, -0.15) is 0 Å². The van der Waals surface area contributed by atoms with Crippen LogP contribution in [0.2, 0.25) is 0 Å². The molecule has 0 bridgehead atoms. The summed E-state index contributed by atoms with van der Waals surface area (Å²) in [6.45, 7) is 3.18. The zero-order valence-corrected chi connectivity index (χ0v) is 8.54. The molecule has 1 fully saturated rings. The van der Waals surface area contributed by atoms with Crippen LogP contribution in [0.5, 0.6) is 0 Å². The fourth-order valence-electron chi connectivity index (χ4n) is 1.93. The Bertz CT molecular complexity index is 337. The highest BCUT2D eigenvalue weighted by atomic mass is 19.1. The van der Waals surface area contributed by atoms with E-state index in [-0.39, 0.29) is 12.4 Å². The van der Waals surface area contributed by atoms with Crippen molar-refractivity contribution in [3.8, 4) is 0 Å². The number of nitrogens with zero attached hydrogens (tertiary/aromatic N) is 1. The molecule has 1 aromatic rings. The van der Waals surface area contributed by atoms with E-state index in [0.29, 0.717) is 11.3 Å². The molecule has 1 aliphatic rings. The first-order valence-electron chi connectivity index (χ1n) is 5.17. The molecule has 1 aliphatic heterocycles. The quantitative estimate of drug-likeness (QED) is 0.755. The molecule has 0 spiro atoms. The normalized spacial score (nSPS) is 16.8. The van der Waals surface area contributed by atoms with E-state index in [2.05, 4.69) is 5.32 Å². The zero-order valence-electron chi connectivity index (χ0n) is 8.54. The molecule has 3 nitrogen and oxygen atoms in total. The molecular formula is C11H15FN2O. The largest absolute Gasteiger partial charge is 0.392 e. The van der Waals surface area contributed by atoms with Crippen molar-refractivity contribution < 1.29 is 9.50 Å². The summed E-state index contributed by atoms with van der Waals surface area (Å²) in [7, 11) is 0. The maximum atomic E-state index is 13.6. The molecule has 0 atom stereocenters. The van der Waals surface area contributed by atoms with Crippen molar-refractivity contribution in [3.63, 3.8) is 0 Å². The lowest BCUT2D eigenvalue weighted by Gasteiger charge is -2.31. The molecule has 1 saturated heterocycles. The number of aliphatic hydroxyl groups excluding tert-OH is 1. The second-order valence-corrected chi connectivity index (χ2v) is 3.64. The third kappa shape index (κ3) is 2.11. The van der Waals surface area contributed by atoms with Crippen LogP contribution in [0.3, 0.4) is 0 Å². The van der Waals surface area contributed by atoms with Crippen LogP contribution in [0.15, 0.2) is 18.2 Å². The predicted octanol–water partition coefficient (Wildman–Crippen LogP) is 0.728. The number of halogens is 1. The third-order valence-electron chi connectivity index (χ3n) is 2.67. The molecule has 0 radical (unpaired) electrons. The van der Waals surface area contributed by atoms with Crippen molar-refractivity contribution in [3.05, 3.63) is 29.6 Å². The highest BCUT2D eigenvalue weighted by molar-refractivity contribution is 5.55. The Morgan fingerprint density at radius 1 is 1.33 bits per heavy atom. The van der Waals surface area contributed by atoms with Gasteiger partial charge in [0, 0.05) is 31.7 Å². The number of hydrogen-bond acceptors (Lipinski definition) is 3. The Labute approximate surface area is 88.5 Å². The third-order valence-corrected chi connectivity index (χ3v) is 2.67. The molecule has 0 aromatic heterocycles. The molecule has 82 valence electrons. The van der Waals surface area contributed by atoms with E-state index in [4.69, 9.17) is 5.11 Å². The Morgan fingerprint density at radius 3 is 2.73 bits per heavy atom. The Kier molecular flexibility index (Phi) is 3.18. The second kappa shape index (κ2) is 4.59. The minimum absolute atomic E-state index is 0.114. The van der Waals surface area contributed by atoms with Crippen LogP contribution in [0.25, 0.3) is 0 Å². The lowest BCUT2D eigenvalue weighted by molar-refractivity contribution is 0.281. The number of piperazine rings is 1. The minimum atomic E-state index is -0.247. The molecule has 0 aliphatic carbocycles. The molecule has 0 unspecified atom stereocenters. The lowest BCUT2D eigenvalue weighted by Crippen LogP contribution is -2.44. The molecular weight excluding hydrogens is 195 g/mol. The van der Waals surface area contributed by atoms with Crippen LogP contribution >= 0.6 is 0 Å². The highest BCUT2D eigenvalue weighted by Crippen LogP contribution is 2.24. The number of rotatable bonds is 2. The maximum Gasteiger partial charge on any atom is 0.146 e. The summed E-state index contributed by atoms with van der Waals surface area (Å²) in [5.41, 5.74) is 1.22. The second-order valence-electron chi connectivity index (χ2n) is 3.64. The summed E-state index contributed by atoms with van der Waals surface area (Å²) in [4.78, 5) is 1.98. The smallest absolute Gasteiger partial charge is 0.146 e. The van der Waals surface area contributed by atoms with E-state index in [0.717, 1.165) is 26.2 Å². The van der Waals surface area contributed by atoms with E-state index in [9.17, 15) is 4.39 Å². The van der Waals surface area contributed by atoms with Crippen LogP contribution in [-0.4, -0.2) is 31.3 Å². The van der Waals surface area contributed by atoms with E-state index in [1.165, 1.54) is 6.07 Å². The minimum Gasteiger partial charge on any atom is -0.392 e. The van der Waals surface area contributed by atoms with Gasteiger partial charge in [0.05, 0.1) is 12.3 Å². The summed E-state index contributed by atoms with van der Waals surface area (Å²) < 4.78 is 13.6. The fraction of sp³-hybridized carbons (Fsp3) is 0.455. The van der Waals surface area contributed by atoms with E-state index in [1.54, 1.807) is 12.1 Å².